The van der Waals surface area contributed by atoms with Crippen molar-refractivity contribution < 1.29 is 19.2 Å². The van der Waals surface area contributed by atoms with Crippen LogP contribution < -0.4 is 16.0 Å². The van der Waals surface area contributed by atoms with Crippen LogP contribution in [0.4, 0.5) is 14.4 Å². The van der Waals surface area contributed by atoms with E-state index in [1.807, 2.05) is 0 Å². The average Bonchev–Trinajstić information content (AvgIpc) is 2.23. The van der Waals surface area contributed by atoms with Crippen molar-refractivity contribution >= 4 is 18.2 Å². The highest BCUT2D eigenvalue weighted by Gasteiger charge is 2.23. The second-order valence-electron chi connectivity index (χ2n) is 2.03. The molecule has 0 saturated heterocycles. The van der Waals surface area contributed by atoms with Gasteiger partial charge in [0, 0.05) is 21.1 Å². The molecular weight excluding hydrogens is 192 g/mol. The zero-order valence-corrected chi connectivity index (χ0v) is 8.08. The Morgan fingerprint density at radius 2 is 1.36 bits per heavy atom. The van der Waals surface area contributed by atoms with E-state index in [0.717, 1.165) is 0 Å². The van der Waals surface area contributed by atoms with Crippen LogP contribution in [0.2, 0.25) is 0 Å². The van der Waals surface area contributed by atoms with E-state index in [1.165, 1.54) is 21.1 Å². The lowest BCUT2D eigenvalue weighted by atomic mass is 10.8. The van der Waals surface area contributed by atoms with Gasteiger partial charge in [0.15, 0.2) is 0 Å². The lowest BCUT2D eigenvalue weighted by molar-refractivity contribution is -0.0213. The normalized spacial score (nSPS) is 8.50. The molecule has 8 heteroatoms. The van der Waals surface area contributed by atoms with Gasteiger partial charge < -0.3 is 20.8 Å². The fourth-order valence-corrected chi connectivity index (χ4v) is 0.507. The quantitative estimate of drug-likeness (QED) is 0.451. The van der Waals surface area contributed by atoms with Crippen molar-refractivity contribution in [3.05, 3.63) is 0 Å². The Hall–Kier alpha value is -1.99. The molecule has 0 aliphatic rings. The van der Waals surface area contributed by atoms with Crippen molar-refractivity contribution in [1.29, 1.82) is 0 Å². The Labute approximate surface area is 80.5 Å². The number of hydrogen-bond acceptors (Lipinski definition) is 4. The predicted molar refractivity (Wildman–Crippen MR) is 46.3 cm³/mol. The highest BCUT2D eigenvalue weighted by atomic mass is 16.7. The van der Waals surface area contributed by atoms with E-state index in [-0.39, 0.29) is 5.06 Å². The third-order valence-corrected chi connectivity index (χ3v) is 1.17. The molecule has 0 aromatic carbocycles. The molecule has 3 N–H and O–H groups in total. The standard InChI is InChI=1S/C6H12N4O4/c1-7-4(11)10(5(12)8-2)14-6(13)9-3/h1-3H3,(H,7,11)(H,8,12)(H,9,13). The van der Waals surface area contributed by atoms with Crippen LogP contribution in [0.15, 0.2) is 0 Å². The molecular formula is C6H12N4O4. The van der Waals surface area contributed by atoms with Crippen LogP contribution in [-0.2, 0) is 4.84 Å². The second-order valence-corrected chi connectivity index (χ2v) is 2.03. The van der Waals surface area contributed by atoms with Gasteiger partial charge in [-0.3, -0.25) is 0 Å². The highest BCUT2D eigenvalue weighted by molar-refractivity contribution is 5.93. The summed E-state index contributed by atoms with van der Waals surface area (Å²) < 4.78 is 0. The number of carbonyl (C=O) groups is 3. The van der Waals surface area contributed by atoms with Gasteiger partial charge in [0.05, 0.1) is 0 Å². The Balaban J connectivity index is 4.48. The molecule has 0 saturated carbocycles. The molecule has 0 atom stereocenters. The van der Waals surface area contributed by atoms with E-state index in [0.29, 0.717) is 0 Å². The van der Waals surface area contributed by atoms with Crippen LogP contribution in [0.3, 0.4) is 0 Å². The Kier molecular flexibility index (Phi) is 4.82. The number of nitrogens with one attached hydrogen (secondary N) is 3. The average molecular weight is 204 g/mol. The van der Waals surface area contributed by atoms with Crippen LogP contribution in [0.1, 0.15) is 0 Å². The van der Waals surface area contributed by atoms with Crippen LogP contribution >= 0.6 is 0 Å². The fraction of sp³-hybridized carbons (Fsp3) is 0.500. The molecule has 0 aromatic heterocycles. The Morgan fingerprint density at radius 3 is 1.64 bits per heavy atom. The highest BCUT2D eigenvalue weighted by Crippen LogP contribution is 1.93. The molecule has 0 rings (SSSR count). The number of hydroxylamine groups is 2. The van der Waals surface area contributed by atoms with Crippen LogP contribution in [0, 0.1) is 0 Å². The van der Waals surface area contributed by atoms with Gasteiger partial charge in [-0.15, -0.1) is 0 Å². The number of urea groups is 2. The molecule has 0 heterocycles. The van der Waals surface area contributed by atoms with Gasteiger partial charge in [0.2, 0.25) is 0 Å². The minimum atomic E-state index is -0.919. The van der Waals surface area contributed by atoms with Gasteiger partial charge in [-0.25, -0.2) is 14.4 Å². The lowest BCUT2D eigenvalue weighted by Gasteiger charge is -2.17. The Morgan fingerprint density at radius 1 is 0.929 bits per heavy atom. The molecule has 0 fully saturated rings. The topological polar surface area (TPSA) is 99.8 Å². The van der Waals surface area contributed by atoms with Crippen molar-refractivity contribution in [3.8, 4) is 0 Å². The monoisotopic (exact) mass is 204 g/mol. The molecule has 80 valence electrons. The first-order valence-electron chi connectivity index (χ1n) is 3.70. The first-order chi connectivity index (χ1) is 6.56. The number of hydrogen-bond donors (Lipinski definition) is 3. The molecule has 0 spiro atoms. The SMILES string of the molecule is CNC(=O)ON(C(=O)NC)C(=O)NC. The number of imide groups is 1. The van der Waals surface area contributed by atoms with E-state index in [9.17, 15) is 14.4 Å². The zero-order chi connectivity index (χ0) is 11.1. The molecule has 0 radical (unpaired) electrons. The van der Waals surface area contributed by atoms with Gasteiger partial charge in [-0.05, 0) is 0 Å². The molecule has 0 aliphatic carbocycles. The van der Waals surface area contributed by atoms with E-state index in [2.05, 4.69) is 20.8 Å². The smallest absolute Gasteiger partial charge is 0.338 e. The molecule has 0 aromatic rings. The van der Waals surface area contributed by atoms with E-state index in [1.54, 1.807) is 0 Å². The minimum Gasteiger partial charge on any atom is -0.338 e. The number of amides is 5. The van der Waals surface area contributed by atoms with Crippen molar-refractivity contribution in [2.75, 3.05) is 21.1 Å². The fourth-order valence-electron chi connectivity index (χ4n) is 0.507. The summed E-state index contributed by atoms with van der Waals surface area (Å²) in [5.41, 5.74) is 0. The van der Waals surface area contributed by atoms with Gasteiger partial charge in [-0.1, -0.05) is 5.06 Å². The summed E-state index contributed by atoms with van der Waals surface area (Å²) in [5.74, 6) is 0. The largest absolute Gasteiger partial charge is 0.432 e. The Bertz CT molecular complexity index is 226. The summed E-state index contributed by atoms with van der Waals surface area (Å²) in [5, 5.41) is 6.62. The third-order valence-electron chi connectivity index (χ3n) is 1.17. The summed E-state index contributed by atoms with van der Waals surface area (Å²) >= 11 is 0. The summed E-state index contributed by atoms with van der Waals surface area (Å²) in [4.78, 5) is 37.1. The van der Waals surface area contributed by atoms with Gasteiger partial charge in [-0.2, -0.15) is 0 Å². The third kappa shape index (κ3) is 3.17. The van der Waals surface area contributed by atoms with Crippen LogP contribution in [0.25, 0.3) is 0 Å². The first kappa shape index (κ1) is 12.0. The van der Waals surface area contributed by atoms with Crippen LogP contribution in [-0.4, -0.2) is 44.4 Å². The van der Waals surface area contributed by atoms with Crippen molar-refractivity contribution in [1.82, 2.24) is 21.0 Å². The molecule has 0 unspecified atom stereocenters. The molecule has 14 heavy (non-hydrogen) atoms. The summed E-state index contributed by atoms with van der Waals surface area (Å²) in [6.07, 6.45) is -0.919. The van der Waals surface area contributed by atoms with Crippen molar-refractivity contribution in [2.24, 2.45) is 0 Å². The minimum absolute atomic E-state index is 0.263. The van der Waals surface area contributed by atoms with E-state index < -0.39 is 18.2 Å². The number of rotatable bonds is 0. The molecule has 8 nitrogen and oxygen atoms in total. The summed E-state index contributed by atoms with van der Waals surface area (Å²) in [6, 6.07) is -1.71. The number of carbonyl (C=O) groups excluding carboxylic acids is 3. The van der Waals surface area contributed by atoms with Crippen molar-refractivity contribution in [3.63, 3.8) is 0 Å². The van der Waals surface area contributed by atoms with Crippen LogP contribution in [0.5, 0.6) is 0 Å². The maximum Gasteiger partial charge on any atom is 0.432 e. The van der Waals surface area contributed by atoms with Gasteiger partial charge in [0.1, 0.15) is 0 Å². The predicted octanol–water partition coefficient (Wildman–Crippen LogP) is -0.762. The summed E-state index contributed by atoms with van der Waals surface area (Å²) in [6.45, 7) is 0. The van der Waals surface area contributed by atoms with E-state index >= 15 is 0 Å². The maximum atomic E-state index is 11.0. The van der Waals surface area contributed by atoms with E-state index in [4.69, 9.17) is 0 Å². The van der Waals surface area contributed by atoms with Gasteiger partial charge >= 0.3 is 18.2 Å². The molecule has 5 amide bonds. The zero-order valence-electron chi connectivity index (χ0n) is 8.08. The molecule has 0 aliphatic heterocycles. The first-order valence-corrected chi connectivity index (χ1v) is 3.70. The van der Waals surface area contributed by atoms with Gasteiger partial charge in [0.25, 0.3) is 0 Å². The second kappa shape index (κ2) is 5.62. The van der Waals surface area contributed by atoms with Crippen molar-refractivity contribution in [2.45, 2.75) is 0 Å². The lowest BCUT2D eigenvalue weighted by Crippen LogP contribution is -2.48. The molecule has 0 bridgehead atoms. The number of nitrogens with zero attached hydrogens (tertiary/aromatic N) is 1. The summed E-state index contributed by atoms with van der Waals surface area (Å²) in [7, 11) is 3.89. The maximum absolute atomic E-state index is 11.0.